The molecule has 5 rings (SSSR count). The van der Waals surface area contributed by atoms with E-state index in [1.54, 1.807) is 29.1 Å². The molecule has 0 unspecified atom stereocenters. The van der Waals surface area contributed by atoms with Gasteiger partial charge >= 0.3 is 0 Å². The number of carbonyl (C=O) groups is 1. The highest BCUT2D eigenvalue weighted by Crippen LogP contribution is 2.30. The minimum atomic E-state index is -0.453. The van der Waals surface area contributed by atoms with Crippen molar-refractivity contribution in [3.05, 3.63) is 81.2 Å². The van der Waals surface area contributed by atoms with Gasteiger partial charge in [0.15, 0.2) is 0 Å². The predicted molar refractivity (Wildman–Crippen MR) is 116 cm³/mol. The van der Waals surface area contributed by atoms with Crippen LogP contribution >= 0.6 is 0 Å². The molecule has 0 bridgehead atoms. The SMILES string of the molecule is Cc1cc(NC(=O)Cc2coc3cc4c(cc23)CCC4)n(-c2ccc([N+](=O)[O-])cc2)n1. The molecule has 8 nitrogen and oxygen atoms in total. The summed E-state index contributed by atoms with van der Waals surface area (Å²) in [6, 6.07) is 12.0. The summed E-state index contributed by atoms with van der Waals surface area (Å²) >= 11 is 0. The third-order valence-electron chi connectivity index (χ3n) is 5.62. The van der Waals surface area contributed by atoms with Gasteiger partial charge in [-0.2, -0.15) is 5.10 Å². The number of nitro benzene ring substituents is 1. The second kappa shape index (κ2) is 7.39. The molecule has 2 aromatic heterocycles. The van der Waals surface area contributed by atoms with E-state index in [9.17, 15) is 14.9 Å². The smallest absolute Gasteiger partial charge is 0.269 e. The largest absolute Gasteiger partial charge is 0.464 e. The molecule has 0 atom stereocenters. The van der Waals surface area contributed by atoms with Gasteiger partial charge in [-0.15, -0.1) is 0 Å². The highest BCUT2D eigenvalue weighted by Gasteiger charge is 2.18. The first-order valence-electron chi connectivity index (χ1n) is 10.1. The maximum Gasteiger partial charge on any atom is 0.269 e. The molecule has 0 saturated heterocycles. The van der Waals surface area contributed by atoms with Gasteiger partial charge in [-0.3, -0.25) is 14.9 Å². The number of amides is 1. The summed E-state index contributed by atoms with van der Waals surface area (Å²) in [7, 11) is 0. The van der Waals surface area contributed by atoms with Crippen LogP contribution in [0, 0.1) is 17.0 Å². The maximum absolute atomic E-state index is 12.8. The lowest BCUT2D eigenvalue weighted by Gasteiger charge is -2.09. The molecule has 8 heteroatoms. The second-order valence-electron chi connectivity index (χ2n) is 7.81. The van der Waals surface area contributed by atoms with Crippen LogP contribution in [0.4, 0.5) is 11.5 Å². The van der Waals surface area contributed by atoms with Crippen LogP contribution < -0.4 is 5.32 Å². The van der Waals surface area contributed by atoms with Gasteiger partial charge < -0.3 is 9.73 Å². The van der Waals surface area contributed by atoms with Crippen molar-refractivity contribution < 1.29 is 14.1 Å². The Labute approximate surface area is 177 Å². The van der Waals surface area contributed by atoms with E-state index in [1.807, 2.05) is 6.92 Å². The Balaban J connectivity index is 1.38. The van der Waals surface area contributed by atoms with Crippen LogP contribution in [-0.2, 0) is 24.1 Å². The highest BCUT2D eigenvalue weighted by molar-refractivity contribution is 5.95. The standard InChI is InChI=1S/C23H20N4O4/c1-14-9-22(26(25-14)18-5-7-19(8-6-18)27(29)30)24-23(28)12-17-13-31-21-11-16-4-2-3-15(16)10-20(17)21/h5-11,13H,2-4,12H2,1H3,(H,24,28). The number of benzene rings is 2. The van der Waals surface area contributed by atoms with Gasteiger partial charge in [-0.05, 0) is 61.6 Å². The summed E-state index contributed by atoms with van der Waals surface area (Å²) in [6.45, 7) is 1.82. The number of hydrogen-bond acceptors (Lipinski definition) is 5. The summed E-state index contributed by atoms with van der Waals surface area (Å²) in [5.41, 5.74) is 5.67. The van der Waals surface area contributed by atoms with E-state index in [4.69, 9.17) is 4.42 Å². The molecule has 2 heterocycles. The van der Waals surface area contributed by atoms with Crippen molar-refractivity contribution in [2.75, 3.05) is 5.32 Å². The predicted octanol–water partition coefficient (Wildman–Crippen LogP) is 4.51. The summed E-state index contributed by atoms with van der Waals surface area (Å²) in [4.78, 5) is 23.2. The molecular weight excluding hydrogens is 396 g/mol. The highest BCUT2D eigenvalue weighted by atomic mass is 16.6. The monoisotopic (exact) mass is 416 g/mol. The minimum absolute atomic E-state index is 0.00321. The summed E-state index contributed by atoms with van der Waals surface area (Å²) in [5.74, 6) is 0.316. The van der Waals surface area contributed by atoms with Crippen molar-refractivity contribution >= 4 is 28.4 Å². The number of rotatable bonds is 5. The average Bonchev–Trinajstić information content (AvgIpc) is 3.45. The summed E-state index contributed by atoms with van der Waals surface area (Å²) in [5, 5.41) is 19.2. The molecule has 0 spiro atoms. The fourth-order valence-electron chi connectivity index (χ4n) is 4.15. The first-order chi connectivity index (χ1) is 15.0. The molecule has 2 aromatic carbocycles. The van der Waals surface area contributed by atoms with Crippen molar-refractivity contribution in [2.45, 2.75) is 32.6 Å². The van der Waals surface area contributed by atoms with Crippen LogP contribution in [0.25, 0.3) is 16.7 Å². The third kappa shape index (κ3) is 3.56. The van der Waals surface area contributed by atoms with Gasteiger partial charge in [-0.25, -0.2) is 4.68 Å². The number of aryl methyl sites for hydroxylation is 3. The Bertz CT molecular complexity index is 1320. The zero-order chi connectivity index (χ0) is 21.5. The van der Waals surface area contributed by atoms with E-state index >= 15 is 0 Å². The van der Waals surface area contributed by atoms with Crippen LogP contribution in [0.1, 0.15) is 28.8 Å². The zero-order valence-corrected chi connectivity index (χ0v) is 16.9. The van der Waals surface area contributed by atoms with Crippen molar-refractivity contribution in [1.82, 2.24) is 9.78 Å². The first kappa shape index (κ1) is 19.0. The number of anilines is 1. The Hall–Kier alpha value is -3.94. The number of hydrogen-bond donors (Lipinski definition) is 1. The van der Waals surface area contributed by atoms with Gasteiger partial charge in [0.2, 0.25) is 5.91 Å². The number of aromatic nitrogens is 2. The van der Waals surface area contributed by atoms with Crippen LogP contribution in [0.5, 0.6) is 0 Å². The molecule has 31 heavy (non-hydrogen) atoms. The number of nitrogens with one attached hydrogen (secondary N) is 1. The zero-order valence-electron chi connectivity index (χ0n) is 16.9. The van der Waals surface area contributed by atoms with Crippen LogP contribution in [0.3, 0.4) is 0 Å². The molecule has 1 N–H and O–H groups in total. The van der Waals surface area contributed by atoms with Gasteiger partial charge in [0.1, 0.15) is 11.4 Å². The Morgan fingerprint density at radius 2 is 1.94 bits per heavy atom. The molecule has 0 saturated carbocycles. The van der Waals surface area contributed by atoms with E-state index in [1.165, 1.54) is 23.3 Å². The first-order valence-corrected chi connectivity index (χ1v) is 10.1. The van der Waals surface area contributed by atoms with Crippen molar-refractivity contribution in [2.24, 2.45) is 0 Å². The number of fused-ring (bicyclic) bond motifs is 2. The second-order valence-corrected chi connectivity index (χ2v) is 7.81. The Morgan fingerprint density at radius 1 is 1.19 bits per heavy atom. The van der Waals surface area contributed by atoms with Crippen LogP contribution in [-0.4, -0.2) is 20.6 Å². The van der Waals surface area contributed by atoms with Crippen LogP contribution in [0.2, 0.25) is 0 Å². The Kier molecular flexibility index (Phi) is 4.54. The molecule has 1 amide bonds. The number of carbonyl (C=O) groups excluding carboxylic acids is 1. The van der Waals surface area contributed by atoms with E-state index in [-0.39, 0.29) is 18.0 Å². The quantitative estimate of drug-likeness (QED) is 0.381. The van der Waals surface area contributed by atoms with Gasteiger partial charge in [-0.1, -0.05) is 0 Å². The van der Waals surface area contributed by atoms with E-state index in [0.717, 1.165) is 41.5 Å². The number of nitro groups is 1. The van der Waals surface area contributed by atoms with E-state index in [0.29, 0.717) is 11.5 Å². The van der Waals surface area contributed by atoms with Crippen molar-refractivity contribution in [3.8, 4) is 5.69 Å². The van der Waals surface area contributed by atoms with Gasteiger partial charge in [0.05, 0.1) is 29.0 Å². The van der Waals surface area contributed by atoms with Crippen LogP contribution in [0.15, 0.2) is 53.1 Å². The lowest BCUT2D eigenvalue weighted by Crippen LogP contribution is -2.17. The van der Waals surface area contributed by atoms with E-state index < -0.39 is 4.92 Å². The van der Waals surface area contributed by atoms with Crippen molar-refractivity contribution in [3.63, 3.8) is 0 Å². The number of non-ortho nitro benzene ring substituents is 1. The summed E-state index contributed by atoms with van der Waals surface area (Å²) < 4.78 is 7.27. The summed E-state index contributed by atoms with van der Waals surface area (Å²) in [6.07, 6.45) is 5.13. The third-order valence-corrected chi connectivity index (χ3v) is 5.62. The fraction of sp³-hybridized carbons (Fsp3) is 0.217. The lowest BCUT2D eigenvalue weighted by atomic mass is 10.0. The minimum Gasteiger partial charge on any atom is -0.464 e. The van der Waals surface area contributed by atoms with Gasteiger partial charge in [0.25, 0.3) is 5.69 Å². The molecule has 1 aliphatic carbocycles. The van der Waals surface area contributed by atoms with Gasteiger partial charge in [0, 0.05) is 29.1 Å². The van der Waals surface area contributed by atoms with Crippen molar-refractivity contribution in [1.29, 1.82) is 0 Å². The molecule has 4 aromatic rings. The Morgan fingerprint density at radius 3 is 2.68 bits per heavy atom. The number of furan rings is 1. The maximum atomic E-state index is 12.8. The topological polar surface area (TPSA) is 103 Å². The molecular formula is C23H20N4O4. The lowest BCUT2D eigenvalue weighted by molar-refractivity contribution is -0.384. The molecule has 1 aliphatic rings. The molecule has 0 radical (unpaired) electrons. The molecule has 0 aliphatic heterocycles. The number of nitrogens with zero attached hydrogens (tertiary/aromatic N) is 3. The van der Waals surface area contributed by atoms with E-state index in [2.05, 4.69) is 22.5 Å². The molecule has 156 valence electrons. The normalized spacial score (nSPS) is 12.8. The fourth-order valence-corrected chi connectivity index (χ4v) is 4.15. The average molecular weight is 416 g/mol. The molecule has 0 fully saturated rings.